The summed E-state index contributed by atoms with van der Waals surface area (Å²) < 4.78 is 0. The molecular formula is HMnNaO2. The van der Waals surface area contributed by atoms with Crippen molar-refractivity contribution in [2.75, 3.05) is 0 Å². The summed E-state index contributed by atoms with van der Waals surface area (Å²) in [6.45, 7) is 0. The molecule has 0 spiro atoms. The van der Waals surface area contributed by atoms with E-state index < -0.39 is 0 Å². The van der Waals surface area contributed by atoms with E-state index in [1.165, 1.54) is 0 Å². The molecule has 0 saturated heterocycles. The van der Waals surface area contributed by atoms with Gasteiger partial charge in [0.15, 0.2) is 0 Å². The fourth-order valence-corrected chi connectivity index (χ4v) is 0. The summed E-state index contributed by atoms with van der Waals surface area (Å²) in [5.41, 5.74) is 0. The van der Waals surface area contributed by atoms with Gasteiger partial charge in [0.25, 0.3) is 0 Å². The molecule has 4 heteroatoms. The van der Waals surface area contributed by atoms with Crippen molar-refractivity contribution in [1.29, 1.82) is 0 Å². The maximum atomic E-state index is 0. The van der Waals surface area contributed by atoms with Crippen LogP contribution < -0.4 is 29.6 Å². The van der Waals surface area contributed by atoms with Crippen LogP contribution in [0.4, 0.5) is 0 Å². The Morgan fingerprint density at radius 1 is 1.00 bits per heavy atom. The molecule has 4 heavy (non-hydrogen) atoms. The second-order valence-corrected chi connectivity index (χ2v) is 0. The van der Waals surface area contributed by atoms with Gasteiger partial charge >= 0.3 is 46.6 Å². The second kappa shape index (κ2) is 25.3. The van der Waals surface area contributed by atoms with Gasteiger partial charge in [0, 0.05) is 0 Å². The Morgan fingerprint density at radius 3 is 1.00 bits per heavy atom. The summed E-state index contributed by atoms with van der Waals surface area (Å²) in [5.74, 6) is 0. The molecule has 0 atom stereocenters. The van der Waals surface area contributed by atoms with Crippen molar-refractivity contribution >= 4 is 0 Å². The zero-order chi connectivity index (χ0) is 0. The van der Waals surface area contributed by atoms with E-state index in [9.17, 15) is 0 Å². The van der Waals surface area contributed by atoms with Gasteiger partial charge in [-0.05, 0) is 0 Å². The Morgan fingerprint density at radius 2 is 1.00 bits per heavy atom. The zero-order valence-electron chi connectivity index (χ0n) is 2.23. The molecule has 0 aromatic rings. The molecule has 0 rings (SSSR count). The van der Waals surface area contributed by atoms with Crippen molar-refractivity contribution in [3.63, 3.8) is 0 Å². The molecule has 2 nitrogen and oxygen atoms in total. The van der Waals surface area contributed by atoms with Gasteiger partial charge in [-0.3, -0.25) is 0 Å². The number of rotatable bonds is 0. The molecule has 0 fully saturated rings. The Balaban J connectivity index is 0. The smallest absolute Gasteiger partial charge is 2.00 e. The molecule has 1 N–H and O–H groups in total. The first kappa shape index (κ1) is 51.7. The first-order valence-corrected chi connectivity index (χ1v) is 0. The van der Waals surface area contributed by atoms with Crippen molar-refractivity contribution in [3.05, 3.63) is 0 Å². The van der Waals surface area contributed by atoms with Crippen LogP contribution in [0.15, 0.2) is 0 Å². The predicted octanol–water partition coefficient (Wildman–Crippen LogP) is -3.29. The third-order valence-corrected chi connectivity index (χ3v) is 0. The largest absolute Gasteiger partial charge is 2.00 e. The van der Waals surface area contributed by atoms with Crippen molar-refractivity contribution in [3.8, 4) is 0 Å². The van der Waals surface area contributed by atoms with Crippen LogP contribution in [-0.4, -0.2) is 5.48 Å². The van der Waals surface area contributed by atoms with Crippen LogP contribution >= 0.6 is 0 Å². The van der Waals surface area contributed by atoms with Gasteiger partial charge in [0.2, 0.25) is 0 Å². The van der Waals surface area contributed by atoms with Crippen molar-refractivity contribution in [1.82, 2.24) is 0 Å². The van der Waals surface area contributed by atoms with Crippen LogP contribution in [0, 0.1) is 0 Å². The molecule has 0 aliphatic rings. The fraction of sp³-hybridized carbons (Fsp3) is 0. The molecule has 0 aromatic carbocycles. The minimum absolute atomic E-state index is 0. The fourth-order valence-electron chi connectivity index (χ4n) is 0. The minimum atomic E-state index is 0. The third-order valence-electron chi connectivity index (χ3n) is 0. The first-order valence-electron chi connectivity index (χ1n) is 0. The van der Waals surface area contributed by atoms with E-state index in [0.717, 1.165) is 0 Å². The Bertz CT molecular complexity index is 6.00. The Hall–Kier alpha value is 1.44. The average molecular weight is 111 g/mol. The van der Waals surface area contributed by atoms with Gasteiger partial charge in [-0.2, -0.15) is 0 Å². The topological polar surface area (TPSA) is 58.5 Å². The average Bonchev–Trinajstić information content (AvgIpc) is 0. The van der Waals surface area contributed by atoms with E-state index in [2.05, 4.69) is 0 Å². The van der Waals surface area contributed by atoms with Crippen molar-refractivity contribution in [2.45, 2.75) is 0 Å². The molecule has 0 bridgehead atoms. The molecular weight excluding hydrogens is 110 g/mol. The van der Waals surface area contributed by atoms with Crippen LogP contribution in [0.5, 0.6) is 0 Å². The summed E-state index contributed by atoms with van der Waals surface area (Å²) in [6.07, 6.45) is 0. The molecule has 0 aromatic heterocycles. The molecule has 0 heterocycles. The van der Waals surface area contributed by atoms with Crippen LogP contribution in [0.3, 0.4) is 0 Å². The maximum Gasteiger partial charge on any atom is 2.00 e. The van der Waals surface area contributed by atoms with Crippen LogP contribution in [0.1, 0.15) is 0 Å². The molecule has 0 aliphatic heterocycles. The van der Waals surface area contributed by atoms with Crippen LogP contribution in [0.2, 0.25) is 0 Å². The van der Waals surface area contributed by atoms with Gasteiger partial charge < -0.3 is 11.0 Å². The summed E-state index contributed by atoms with van der Waals surface area (Å²) in [4.78, 5) is 0. The van der Waals surface area contributed by atoms with Gasteiger partial charge in [0.05, 0.1) is 0 Å². The van der Waals surface area contributed by atoms with Crippen LogP contribution in [0.25, 0.3) is 0 Å². The van der Waals surface area contributed by atoms with E-state index in [-0.39, 0.29) is 57.6 Å². The third kappa shape index (κ3) is 9.88. The van der Waals surface area contributed by atoms with E-state index in [4.69, 9.17) is 0 Å². The van der Waals surface area contributed by atoms with Gasteiger partial charge in [-0.1, -0.05) is 0 Å². The quantitative estimate of drug-likeness (QED) is 0.302. The molecule has 0 aliphatic carbocycles. The predicted molar refractivity (Wildman–Crippen MR) is 2.62 cm³/mol. The molecule has 0 saturated carbocycles. The Kier molecular flexibility index (Phi) is 328. The summed E-state index contributed by atoms with van der Waals surface area (Å²) in [5, 5.41) is 0. The van der Waals surface area contributed by atoms with Crippen molar-refractivity contribution in [2.24, 2.45) is 0 Å². The number of hydrogen-bond donors (Lipinski definition) is 0. The van der Waals surface area contributed by atoms with E-state index in [1.54, 1.807) is 0 Å². The number of hydrogen-bond acceptors (Lipinski definition) is 1. The molecule has 0 unspecified atom stereocenters. The minimum Gasteiger partial charge on any atom is -2.00 e. The second-order valence-electron chi connectivity index (χ2n) is 0. The summed E-state index contributed by atoms with van der Waals surface area (Å²) in [7, 11) is 0. The van der Waals surface area contributed by atoms with Crippen LogP contribution in [-0.2, 0) is 22.5 Å². The monoisotopic (exact) mass is 111 g/mol. The normalized spacial score (nSPS) is 0. The van der Waals surface area contributed by atoms with E-state index in [1.807, 2.05) is 0 Å². The maximum absolute atomic E-state index is 0. The SMILES string of the molecule is [Mn+2].[Na+].[O-2].[OH-]. The molecule has 21 valence electrons. The molecule has 0 amide bonds. The Labute approximate surface area is 57.3 Å². The first-order chi connectivity index (χ1) is 0. The van der Waals surface area contributed by atoms with E-state index in [0.29, 0.717) is 0 Å². The van der Waals surface area contributed by atoms with Gasteiger partial charge in [-0.25, -0.2) is 0 Å². The van der Waals surface area contributed by atoms with E-state index >= 15 is 0 Å². The standard InChI is InChI=1S/Mn.Na.H2O.O/h;;1H2;/q+2;+1;;-2/p-1. The van der Waals surface area contributed by atoms with Gasteiger partial charge in [0.1, 0.15) is 0 Å². The summed E-state index contributed by atoms with van der Waals surface area (Å²) >= 11 is 0. The van der Waals surface area contributed by atoms with Gasteiger partial charge in [-0.15, -0.1) is 0 Å². The summed E-state index contributed by atoms with van der Waals surface area (Å²) in [6, 6.07) is 0. The zero-order valence-corrected chi connectivity index (χ0v) is 5.41. The molecule has 1 radical (unpaired) electrons. The van der Waals surface area contributed by atoms with Crippen molar-refractivity contribution < 1.29 is 57.6 Å².